The molecule has 5 nitrogen and oxygen atoms in total. The summed E-state index contributed by atoms with van der Waals surface area (Å²) in [5.41, 5.74) is 6.16. The number of nitrogens with two attached hydrogens (primary N) is 1. The molecule has 2 rings (SSSR count). The molecule has 1 aliphatic rings. The fourth-order valence-corrected chi connectivity index (χ4v) is 3.45. The first-order valence-corrected chi connectivity index (χ1v) is 7.52. The summed E-state index contributed by atoms with van der Waals surface area (Å²) in [5, 5.41) is 7.52. The van der Waals surface area contributed by atoms with Gasteiger partial charge in [-0.2, -0.15) is 0 Å². The van der Waals surface area contributed by atoms with Crippen LogP contribution in [-0.2, 0) is 10.0 Å². The van der Waals surface area contributed by atoms with Gasteiger partial charge in [-0.15, -0.1) is 0 Å². The lowest BCUT2D eigenvalue weighted by atomic mass is 10.1. The van der Waals surface area contributed by atoms with Crippen LogP contribution in [0.3, 0.4) is 0 Å². The van der Waals surface area contributed by atoms with E-state index in [0.29, 0.717) is 5.56 Å². The van der Waals surface area contributed by atoms with Crippen molar-refractivity contribution in [3.8, 4) is 0 Å². The lowest BCUT2D eigenvalue weighted by Crippen LogP contribution is -2.38. The molecule has 1 aromatic carbocycles. The molecule has 1 aliphatic carbocycles. The van der Waals surface area contributed by atoms with E-state index in [1.165, 1.54) is 0 Å². The van der Waals surface area contributed by atoms with E-state index in [1.807, 2.05) is 6.07 Å². The highest BCUT2D eigenvalue weighted by molar-refractivity contribution is 7.89. The molecule has 0 heterocycles. The number of hydrogen-bond donors (Lipinski definition) is 3. The van der Waals surface area contributed by atoms with Gasteiger partial charge in [-0.05, 0) is 24.3 Å². The molecule has 0 aliphatic heterocycles. The second-order valence-electron chi connectivity index (χ2n) is 4.64. The molecule has 1 fully saturated rings. The molecule has 1 saturated carbocycles. The molecule has 6 heteroatoms. The molecule has 0 amide bonds. The van der Waals surface area contributed by atoms with Crippen LogP contribution in [0, 0.1) is 11.3 Å². The van der Waals surface area contributed by atoms with Crippen molar-refractivity contribution in [3.05, 3.63) is 35.9 Å². The van der Waals surface area contributed by atoms with Gasteiger partial charge in [-0.1, -0.05) is 30.3 Å². The Morgan fingerprint density at radius 3 is 2.50 bits per heavy atom. The van der Waals surface area contributed by atoms with Crippen LogP contribution in [0.15, 0.2) is 30.3 Å². The summed E-state index contributed by atoms with van der Waals surface area (Å²) in [4.78, 5) is 0. The van der Waals surface area contributed by atoms with Crippen molar-refractivity contribution < 1.29 is 8.42 Å². The Balaban J connectivity index is 2.14. The van der Waals surface area contributed by atoms with E-state index in [1.54, 1.807) is 24.3 Å². The zero-order chi connectivity index (χ0) is 13.2. The molecule has 4 N–H and O–H groups in total. The fraction of sp³-hybridized carbons (Fsp3) is 0.417. The zero-order valence-electron chi connectivity index (χ0n) is 9.96. The summed E-state index contributed by atoms with van der Waals surface area (Å²) in [6.45, 7) is 0. The van der Waals surface area contributed by atoms with Crippen molar-refractivity contribution in [1.82, 2.24) is 4.72 Å². The third-order valence-corrected chi connectivity index (χ3v) is 4.40. The monoisotopic (exact) mass is 267 g/mol. The fourth-order valence-electron chi connectivity index (χ4n) is 1.78. The summed E-state index contributed by atoms with van der Waals surface area (Å²) >= 11 is 0. The predicted octanol–water partition coefficient (Wildman–Crippen LogP) is 0.993. The maximum Gasteiger partial charge on any atom is 0.212 e. The lowest BCUT2D eigenvalue weighted by Gasteiger charge is -2.17. The molecule has 0 radical (unpaired) electrons. The molecular weight excluding hydrogens is 250 g/mol. The molecule has 18 heavy (non-hydrogen) atoms. The summed E-state index contributed by atoms with van der Waals surface area (Å²) < 4.78 is 26.3. The minimum absolute atomic E-state index is 0.129. The SMILES string of the molecule is N=C(N)C(NS(=O)(=O)CC1CC1)c1ccccc1. The van der Waals surface area contributed by atoms with E-state index < -0.39 is 16.1 Å². The van der Waals surface area contributed by atoms with Gasteiger partial charge < -0.3 is 5.73 Å². The second-order valence-corrected chi connectivity index (χ2v) is 6.44. The van der Waals surface area contributed by atoms with E-state index in [-0.39, 0.29) is 17.5 Å². The van der Waals surface area contributed by atoms with Crippen LogP contribution in [0.5, 0.6) is 0 Å². The highest BCUT2D eigenvalue weighted by Crippen LogP contribution is 2.30. The number of hydrogen-bond acceptors (Lipinski definition) is 3. The minimum Gasteiger partial charge on any atom is -0.386 e. The molecule has 0 aromatic heterocycles. The number of sulfonamides is 1. The third kappa shape index (κ3) is 3.54. The van der Waals surface area contributed by atoms with Crippen molar-refractivity contribution in [2.75, 3.05) is 5.75 Å². The van der Waals surface area contributed by atoms with E-state index >= 15 is 0 Å². The smallest absolute Gasteiger partial charge is 0.212 e. The van der Waals surface area contributed by atoms with Gasteiger partial charge in [0.2, 0.25) is 10.0 Å². The van der Waals surface area contributed by atoms with Gasteiger partial charge in [0.25, 0.3) is 0 Å². The Hall–Kier alpha value is -1.40. The van der Waals surface area contributed by atoms with Crippen LogP contribution in [0.25, 0.3) is 0 Å². The summed E-state index contributed by atoms with van der Waals surface area (Å²) in [7, 11) is -3.38. The van der Waals surface area contributed by atoms with Crippen LogP contribution in [0.2, 0.25) is 0 Å². The van der Waals surface area contributed by atoms with Crippen molar-refractivity contribution >= 4 is 15.9 Å². The number of rotatable bonds is 6. The molecule has 1 aromatic rings. The standard InChI is InChI=1S/C12H17N3O2S/c13-12(14)11(10-4-2-1-3-5-10)15-18(16,17)8-9-6-7-9/h1-5,9,11,15H,6-8H2,(H3,13,14). The first-order valence-electron chi connectivity index (χ1n) is 5.87. The normalized spacial score (nSPS) is 17.3. The molecular formula is C12H17N3O2S. The highest BCUT2D eigenvalue weighted by Gasteiger charge is 2.30. The number of benzene rings is 1. The minimum atomic E-state index is -3.38. The molecule has 0 saturated heterocycles. The van der Waals surface area contributed by atoms with Crippen LogP contribution in [0.1, 0.15) is 24.4 Å². The van der Waals surface area contributed by atoms with Gasteiger partial charge in [0.15, 0.2) is 0 Å². The van der Waals surface area contributed by atoms with Gasteiger partial charge in [0.05, 0.1) is 5.75 Å². The average molecular weight is 267 g/mol. The highest BCUT2D eigenvalue weighted by atomic mass is 32.2. The molecule has 98 valence electrons. The first kappa shape index (κ1) is 13.0. The maximum absolute atomic E-state index is 11.9. The van der Waals surface area contributed by atoms with Crippen molar-refractivity contribution in [2.45, 2.75) is 18.9 Å². The van der Waals surface area contributed by atoms with Gasteiger partial charge >= 0.3 is 0 Å². The quantitative estimate of drug-likeness (QED) is 0.530. The average Bonchev–Trinajstić information content (AvgIpc) is 3.10. The maximum atomic E-state index is 11.9. The number of nitrogens with one attached hydrogen (secondary N) is 2. The largest absolute Gasteiger partial charge is 0.386 e. The van der Waals surface area contributed by atoms with E-state index in [9.17, 15) is 8.42 Å². The third-order valence-electron chi connectivity index (χ3n) is 2.89. The Bertz CT molecular complexity index is 524. The van der Waals surface area contributed by atoms with E-state index in [0.717, 1.165) is 12.8 Å². The molecule has 0 bridgehead atoms. The van der Waals surface area contributed by atoms with Crippen molar-refractivity contribution in [1.29, 1.82) is 5.41 Å². The Morgan fingerprint density at radius 2 is 2.00 bits per heavy atom. The summed E-state index contributed by atoms with van der Waals surface area (Å²) in [6, 6.07) is 8.16. The van der Waals surface area contributed by atoms with Gasteiger partial charge in [0.1, 0.15) is 11.9 Å². The predicted molar refractivity (Wildman–Crippen MR) is 70.7 cm³/mol. The van der Waals surface area contributed by atoms with Gasteiger partial charge in [-0.25, -0.2) is 13.1 Å². The molecule has 1 atom stereocenters. The van der Waals surface area contributed by atoms with Gasteiger partial charge in [0, 0.05) is 0 Å². The Morgan fingerprint density at radius 1 is 1.39 bits per heavy atom. The first-order chi connectivity index (χ1) is 8.48. The molecule has 0 spiro atoms. The van der Waals surface area contributed by atoms with Gasteiger partial charge in [-0.3, -0.25) is 5.41 Å². The van der Waals surface area contributed by atoms with Crippen LogP contribution < -0.4 is 10.5 Å². The number of amidine groups is 1. The zero-order valence-corrected chi connectivity index (χ0v) is 10.8. The van der Waals surface area contributed by atoms with Crippen LogP contribution in [0.4, 0.5) is 0 Å². The Kier molecular flexibility index (Phi) is 3.68. The van der Waals surface area contributed by atoms with Crippen LogP contribution in [-0.4, -0.2) is 20.0 Å². The second kappa shape index (κ2) is 5.07. The summed E-state index contributed by atoms with van der Waals surface area (Å²) in [5.74, 6) is 0.204. The van der Waals surface area contributed by atoms with Crippen LogP contribution >= 0.6 is 0 Å². The van der Waals surface area contributed by atoms with E-state index in [2.05, 4.69) is 4.72 Å². The topological polar surface area (TPSA) is 96.0 Å². The van der Waals surface area contributed by atoms with Crippen molar-refractivity contribution in [3.63, 3.8) is 0 Å². The van der Waals surface area contributed by atoms with Crippen molar-refractivity contribution in [2.24, 2.45) is 11.7 Å². The van der Waals surface area contributed by atoms with E-state index in [4.69, 9.17) is 11.1 Å². The Labute approximate surface area is 107 Å². The molecule has 1 unspecified atom stereocenters. The summed E-state index contributed by atoms with van der Waals surface area (Å²) in [6.07, 6.45) is 1.94. The lowest BCUT2D eigenvalue weighted by molar-refractivity contribution is 0.572.